The van der Waals surface area contributed by atoms with Gasteiger partial charge < -0.3 is 39.3 Å². The molecule has 0 spiro atoms. The SMILES string of the molecule is CC(O)N(C)c1nc(N2CCOCC2)c2nc(N(C)C(C)O)nc(N3CCOCC3)c2n1. The zero-order valence-corrected chi connectivity index (χ0v) is 19.1. The van der Waals surface area contributed by atoms with E-state index in [4.69, 9.17) is 29.4 Å². The molecule has 2 N–H and O–H groups in total. The summed E-state index contributed by atoms with van der Waals surface area (Å²) in [6, 6.07) is 0. The number of rotatable bonds is 6. The first-order valence-corrected chi connectivity index (χ1v) is 10.9. The van der Waals surface area contributed by atoms with E-state index in [1.54, 1.807) is 37.7 Å². The normalized spacial score (nSPS) is 19.2. The van der Waals surface area contributed by atoms with Crippen LogP contribution in [0.4, 0.5) is 23.5 Å². The highest BCUT2D eigenvalue weighted by molar-refractivity contribution is 5.95. The minimum absolute atomic E-state index is 0.392. The molecule has 2 unspecified atom stereocenters. The van der Waals surface area contributed by atoms with E-state index in [1.165, 1.54) is 0 Å². The molecule has 4 rings (SSSR count). The third kappa shape index (κ3) is 4.49. The molecule has 0 bridgehead atoms. The van der Waals surface area contributed by atoms with Crippen molar-refractivity contribution in [2.45, 2.75) is 26.3 Å². The Balaban J connectivity index is 1.96. The number of fused-ring (bicyclic) bond motifs is 1. The van der Waals surface area contributed by atoms with Gasteiger partial charge in [-0.3, -0.25) is 0 Å². The monoisotopic (exact) mass is 448 g/mol. The van der Waals surface area contributed by atoms with Gasteiger partial charge in [-0.2, -0.15) is 9.97 Å². The summed E-state index contributed by atoms with van der Waals surface area (Å²) < 4.78 is 11.1. The quantitative estimate of drug-likeness (QED) is 0.561. The van der Waals surface area contributed by atoms with Crippen LogP contribution in [-0.4, -0.2) is 109 Å². The van der Waals surface area contributed by atoms with Crippen LogP contribution in [0, 0.1) is 0 Å². The smallest absolute Gasteiger partial charge is 0.229 e. The molecule has 0 radical (unpaired) electrons. The Morgan fingerprint density at radius 1 is 0.688 bits per heavy atom. The first-order valence-electron chi connectivity index (χ1n) is 10.9. The molecule has 176 valence electrons. The van der Waals surface area contributed by atoms with Gasteiger partial charge in [0, 0.05) is 40.3 Å². The standard InChI is InChI=1S/C20H32N8O4/c1-13(29)25(3)19-21-15-16(17(23-19)27-5-9-31-10-6-27)22-20(26(4)14(2)30)24-18(15)28-7-11-32-12-8-28/h13-14,29-30H,5-12H2,1-4H3. The molecule has 2 aliphatic rings. The average Bonchev–Trinajstić information content (AvgIpc) is 2.82. The zero-order valence-electron chi connectivity index (χ0n) is 19.1. The summed E-state index contributed by atoms with van der Waals surface area (Å²) in [4.78, 5) is 26.6. The number of aliphatic hydroxyl groups excluding tert-OH is 2. The van der Waals surface area contributed by atoms with Crippen LogP contribution in [-0.2, 0) is 9.47 Å². The summed E-state index contributed by atoms with van der Waals surface area (Å²) in [5.41, 5.74) is 1.21. The van der Waals surface area contributed by atoms with Gasteiger partial charge in [0.25, 0.3) is 0 Å². The molecule has 0 aliphatic carbocycles. The van der Waals surface area contributed by atoms with Crippen LogP contribution in [0.2, 0.25) is 0 Å². The van der Waals surface area contributed by atoms with Crippen LogP contribution < -0.4 is 19.6 Å². The molecule has 12 nitrogen and oxygen atoms in total. The molecule has 2 fully saturated rings. The minimum Gasteiger partial charge on any atom is -0.378 e. The third-order valence-corrected chi connectivity index (χ3v) is 5.86. The molecule has 2 aromatic rings. The average molecular weight is 449 g/mol. The summed E-state index contributed by atoms with van der Waals surface area (Å²) in [7, 11) is 3.50. The number of nitrogens with zero attached hydrogens (tertiary/aromatic N) is 8. The van der Waals surface area contributed by atoms with Gasteiger partial charge in [0.2, 0.25) is 11.9 Å². The van der Waals surface area contributed by atoms with Gasteiger partial charge in [-0.1, -0.05) is 0 Å². The van der Waals surface area contributed by atoms with E-state index in [2.05, 4.69) is 9.80 Å². The highest BCUT2D eigenvalue weighted by Gasteiger charge is 2.27. The highest BCUT2D eigenvalue weighted by atomic mass is 16.5. The van der Waals surface area contributed by atoms with Gasteiger partial charge in [0.05, 0.1) is 26.4 Å². The molecule has 2 saturated heterocycles. The number of morpholine rings is 2. The summed E-state index contributed by atoms with van der Waals surface area (Å²) >= 11 is 0. The van der Waals surface area contributed by atoms with Crippen molar-refractivity contribution in [3.63, 3.8) is 0 Å². The van der Waals surface area contributed by atoms with Crippen LogP contribution in [0.5, 0.6) is 0 Å². The molecule has 2 aliphatic heterocycles. The van der Waals surface area contributed by atoms with E-state index >= 15 is 0 Å². The molecule has 0 saturated carbocycles. The summed E-state index contributed by atoms with van der Waals surface area (Å²) in [6.07, 6.45) is -1.53. The Hall–Kier alpha value is -2.54. The largest absolute Gasteiger partial charge is 0.378 e. The fourth-order valence-corrected chi connectivity index (χ4v) is 3.60. The second-order valence-electron chi connectivity index (χ2n) is 8.08. The molecule has 4 heterocycles. The molecule has 12 heteroatoms. The summed E-state index contributed by atoms with van der Waals surface area (Å²) in [5, 5.41) is 20.3. The van der Waals surface area contributed by atoms with E-state index in [0.717, 1.165) is 0 Å². The Labute approximate surface area is 187 Å². The van der Waals surface area contributed by atoms with Crippen LogP contribution in [0.25, 0.3) is 11.0 Å². The van der Waals surface area contributed by atoms with Gasteiger partial charge in [-0.15, -0.1) is 0 Å². The number of hydrogen-bond acceptors (Lipinski definition) is 12. The van der Waals surface area contributed by atoms with Crippen molar-refractivity contribution in [3.05, 3.63) is 0 Å². The van der Waals surface area contributed by atoms with Gasteiger partial charge in [-0.05, 0) is 13.8 Å². The summed E-state index contributed by atoms with van der Waals surface area (Å²) in [6.45, 7) is 8.38. The molecule has 32 heavy (non-hydrogen) atoms. The number of ether oxygens (including phenoxy) is 2. The van der Waals surface area contributed by atoms with Crippen LogP contribution in [0.3, 0.4) is 0 Å². The van der Waals surface area contributed by atoms with Crippen molar-refractivity contribution >= 4 is 34.6 Å². The Morgan fingerprint density at radius 2 is 1.03 bits per heavy atom. The zero-order chi connectivity index (χ0) is 22.8. The number of aliphatic hydroxyl groups is 2. The van der Waals surface area contributed by atoms with E-state index in [0.29, 0.717) is 87.2 Å². The Morgan fingerprint density at radius 3 is 1.34 bits per heavy atom. The van der Waals surface area contributed by atoms with Crippen LogP contribution >= 0.6 is 0 Å². The lowest BCUT2D eigenvalue weighted by molar-refractivity contribution is 0.122. The lowest BCUT2D eigenvalue weighted by atomic mass is 10.3. The predicted molar refractivity (Wildman–Crippen MR) is 121 cm³/mol. The second-order valence-corrected chi connectivity index (χ2v) is 8.08. The topological polar surface area (TPSA) is 123 Å². The van der Waals surface area contributed by atoms with Crippen molar-refractivity contribution < 1.29 is 19.7 Å². The van der Waals surface area contributed by atoms with Crippen molar-refractivity contribution in [3.8, 4) is 0 Å². The summed E-state index contributed by atoms with van der Waals surface area (Å²) in [5.74, 6) is 2.11. The molecule has 0 aromatic carbocycles. The number of hydrogen-bond donors (Lipinski definition) is 2. The Bertz CT molecular complexity index is 856. The molecule has 2 aromatic heterocycles. The van der Waals surface area contributed by atoms with Crippen molar-refractivity contribution in [2.24, 2.45) is 0 Å². The lowest BCUT2D eigenvalue weighted by Crippen LogP contribution is -2.39. The van der Waals surface area contributed by atoms with E-state index in [9.17, 15) is 10.2 Å². The fraction of sp³-hybridized carbons (Fsp3) is 0.700. The van der Waals surface area contributed by atoms with Crippen molar-refractivity contribution in [1.29, 1.82) is 0 Å². The highest BCUT2D eigenvalue weighted by Crippen LogP contribution is 2.33. The van der Waals surface area contributed by atoms with Crippen LogP contribution in [0.1, 0.15) is 13.8 Å². The second kappa shape index (κ2) is 9.53. The minimum atomic E-state index is -0.765. The maximum atomic E-state index is 10.2. The number of aromatic nitrogens is 4. The Kier molecular flexibility index (Phi) is 6.74. The number of anilines is 4. The molecule has 2 atom stereocenters. The van der Waals surface area contributed by atoms with E-state index < -0.39 is 12.5 Å². The fourth-order valence-electron chi connectivity index (χ4n) is 3.60. The third-order valence-electron chi connectivity index (χ3n) is 5.86. The van der Waals surface area contributed by atoms with Gasteiger partial charge in [0.15, 0.2) is 11.6 Å². The predicted octanol–water partition coefficient (Wildman–Crippen LogP) is -0.358. The van der Waals surface area contributed by atoms with Crippen molar-refractivity contribution in [2.75, 3.05) is 86.3 Å². The first kappa shape index (κ1) is 22.6. The first-order chi connectivity index (χ1) is 15.4. The lowest BCUT2D eigenvalue weighted by Gasteiger charge is -2.32. The van der Waals surface area contributed by atoms with Gasteiger partial charge in [-0.25, -0.2) is 9.97 Å². The van der Waals surface area contributed by atoms with Crippen molar-refractivity contribution in [1.82, 2.24) is 19.9 Å². The van der Waals surface area contributed by atoms with Gasteiger partial charge >= 0.3 is 0 Å². The van der Waals surface area contributed by atoms with Gasteiger partial charge in [0.1, 0.15) is 23.5 Å². The molecular weight excluding hydrogens is 416 g/mol. The maximum Gasteiger partial charge on any atom is 0.229 e. The maximum absolute atomic E-state index is 10.2. The molecular formula is C20H32N8O4. The van der Waals surface area contributed by atoms with E-state index in [-0.39, 0.29) is 0 Å². The molecule has 0 amide bonds. The van der Waals surface area contributed by atoms with Crippen LogP contribution in [0.15, 0.2) is 0 Å². The van der Waals surface area contributed by atoms with E-state index in [1.807, 2.05) is 0 Å².